The van der Waals surface area contributed by atoms with Crippen molar-refractivity contribution in [2.75, 3.05) is 5.32 Å². The average Bonchev–Trinajstić information content (AvgIpc) is 2.87. The standard InChI is InChI=1S/C18H16Cl2N2S/c1-10-7-8-13(9-11(10)2)16-12(3)23-18(21-16)22-17-14(19)5-4-6-15(17)20/h4-9H,1-3H3,(H,21,22). The molecule has 23 heavy (non-hydrogen) atoms. The lowest BCUT2D eigenvalue weighted by Gasteiger charge is -2.07. The second-order valence-electron chi connectivity index (χ2n) is 5.44. The van der Waals surface area contributed by atoms with Gasteiger partial charge in [-0.15, -0.1) is 11.3 Å². The fraction of sp³-hybridized carbons (Fsp3) is 0.167. The summed E-state index contributed by atoms with van der Waals surface area (Å²) in [4.78, 5) is 5.87. The molecule has 2 aromatic carbocycles. The van der Waals surface area contributed by atoms with E-state index in [1.165, 1.54) is 11.1 Å². The Labute approximate surface area is 150 Å². The summed E-state index contributed by atoms with van der Waals surface area (Å²) in [5.41, 5.74) is 5.35. The topological polar surface area (TPSA) is 24.9 Å². The van der Waals surface area contributed by atoms with E-state index in [1.54, 1.807) is 23.5 Å². The largest absolute Gasteiger partial charge is 0.329 e. The maximum absolute atomic E-state index is 6.21. The Hall–Kier alpha value is -1.55. The van der Waals surface area contributed by atoms with Crippen LogP contribution in [0.3, 0.4) is 0 Å². The fourth-order valence-electron chi connectivity index (χ4n) is 2.33. The van der Waals surface area contributed by atoms with Crippen molar-refractivity contribution in [3.63, 3.8) is 0 Å². The van der Waals surface area contributed by atoms with Gasteiger partial charge in [0.25, 0.3) is 0 Å². The minimum Gasteiger partial charge on any atom is -0.329 e. The van der Waals surface area contributed by atoms with Gasteiger partial charge >= 0.3 is 0 Å². The number of rotatable bonds is 3. The predicted molar refractivity (Wildman–Crippen MR) is 102 cm³/mol. The van der Waals surface area contributed by atoms with Crippen LogP contribution in [0.25, 0.3) is 11.3 Å². The molecule has 1 aromatic heterocycles. The number of nitrogens with one attached hydrogen (secondary N) is 1. The van der Waals surface area contributed by atoms with E-state index < -0.39 is 0 Å². The molecule has 5 heteroatoms. The minimum absolute atomic E-state index is 0.582. The highest BCUT2D eigenvalue weighted by Crippen LogP contribution is 2.37. The summed E-state index contributed by atoms with van der Waals surface area (Å²) in [6.45, 7) is 6.30. The Morgan fingerprint density at radius 2 is 1.65 bits per heavy atom. The van der Waals surface area contributed by atoms with E-state index in [-0.39, 0.29) is 0 Å². The molecular formula is C18H16Cl2N2S. The van der Waals surface area contributed by atoms with Crippen LogP contribution in [-0.4, -0.2) is 4.98 Å². The molecule has 2 nitrogen and oxygen atoms in total. The molecule has 0 aliphatic carbocycles. The van der Waals surface area contributed by atoms with E-state index in [0.29, 0.717) is 15.7 Å². The lowest BCUT2D eigenvalue weighted by Crippen LogP contribution is -1.92. The van der Waals surface area contributed by atoms with E-state index in [2.05, 4.69) is 44.3 Å². The number of aromatic nitrogens is 1. The Bertz CT molecular complexity index is 851. The van der Waals surface area contributed by atoms with Crippen molar-refractivity contribution < 1.29 is 0 Å². The van der Waals surface area contributed by atoms with Gasteiger partial charge in [-0.25, -0.2) is 4.98 Å². The Kier molecular flexibility index (Phi) is 4.62. The number of halogens is 2. The first-order chi connectivity index (χ1) is 11.0. The average molecular weight is 363 g/mol. The van der Waals surface area contributed by atoms with E-state index in [0.717, 1.165) is 21.3 Å². The van der Waals surface area contributed by atoms with Gasteiger partial charge in [-0.05, 0) is 50.1 Å². The van der Waals surface area contributed by atoms with Crippen LogP contribution < -0.4 is 5.32 Å². The third-order valence-corrected chi connectivity index (χ3v) is 5.29. The van der Waals surface area contributed by atoms with Crippen molar-refractivity contribution in [3.05, 3.63) is 62.4 Å². The molecular weight excluding hydrogens is 347 g/mol. The molecule has 1 N–H and O–H groups in total. The summed E-state index contributed by atoms with van der Waals surface area (Å²) >= 11 is 14.0. The van der Waals surface area contributed by atoms with Crippen LogP contribution >= 0.6 is 34.5 Å². The van der Waals surface area contributed by atoms with Crippen LogP contribution in [0.15, 0.2) is 36.4 Å². The number of hydrogen-bond donors (Lipinski definition) is 1. The maximum Gasteiger partial charge on any atom is 0.188 e. The van der Waals surface area contributed by atoms with Gasteiger partial charge in [0.1, 0.15) is 0 Å². The molecule has 118 valence electrons. The van der Waals surface area contributed by atoms with E-state index in [4.69, 9.17) is 28.2 Å². The molecule has 0 amide bonds. The van der Waals surface area contributed by atoms with Crippen LogP contribution in [0.2, 0.25) is 10.0 Å². The fourth-order valence-corrected chi connectivity index (χ4v) is 3.66. The number of aryl methyl sites for hydroxylation is 3. The summed E-state index contributed by atoms with van der Waals surface area (Å²) in [5.74, 6) is 0. The molecule has 0 bridgehead atoms. The summed E-state index contributed by atoms with van der Waals surface area (Å²) < 4.78 is 0. The molecule has 0 fully saturated rings. The molecule has 0 radical (unpaired) electrons. The first kappa shape index (κ1) is 16.3. The molecule has 0 saturated heterocycles. The van der Waals surface area contributed by atoms with Crippen molar-refractivity contribution in [2.24, 2.45) is 0 Å². The van der Waals surface area contributed by atoms with Crippen molar-refractivity contribution in [3.8, 4) is 11.3 Å². The number of para-hydroxylation sites is 1. The third kappa shape index (κ3) is 3.37. The molecule has 0 atom stereocenters. The number of anilines is 2. The summed E-state index contributed by atoms with van der Waals surface area (Å²) in [5, 5.41) is 5.19. The van der Waals surface area contributed by atoms with Gasteiger partial charge in [-0.1, -0.05) is 41.4 Å². The van der Waals surface area contributed by atoms with Crippen LogP contribution in [0.1, 0.15) is 16.0 Å². The van der Waals surface area contributed by atoms with Crippen LogP contribution in [0.5, 0.6) is 0 Å². The van der Waals surface area contributed by atoms with Crippen LogP contribution in [-0.2, 0) is 0 Å². The van der Waals surface area contributed by atoms with E-state index >= 15 is 0 Å². The Morgan fingerprint density at radius 1 is 0.957 bits per heavy atom. The second-order valence-corrected chi connectivity index (χ2v) is 7.46. The van der Waals surface area contributed by atoms with E-state index in [1.807, 2.05) is 6.07 Å². The Morgan fingerprint density at radius 3 is 2.30 bits per heavy atom. The lowest BCUT2D eigenvalue weighted by atomic mass is 10.0. The van der Waals surface area contributed by atoms with Gasteiger partial charge in [-0.3, -0.25) is 0 Å². The van der Waals surface area contributed by atoms with Crippen molar-refractivity contribution in [1.82, 2.24) is 4.98 Å². The molecule has 3 rings (SSSR count). The summed E-state index contributed by atoms with van der Waals surface area (Å²) in [7, 11) is 0. The highest BCUT2D eigenvalue weighted by Gasteiger charge is 2.13. The zero-order chi connectivity index (χ0) is 16.6. The summed E-state index contributed by atoms with van der Waals surface area (Å²) in [6, 6.07) is 11.8. The molecule has 0 aliphatic heterocycles. The van der Waals surface area contributed by atoms with Gasteiger partial charge in [0.15, 0.2) is 5.13 Å². The van der Waals surface area contributed by atoms with Gasteiger partial charge in [0, 0.05) is 10.4 Å². The SMILES string of the molecule is Cc1ccc(-c2nc(Nc3c(Cl)cccc3Cl)sc2C)cc1C. The van der Waals surface area contributed by atoms with Crippen molar-refractivity contribution in [2.45, 2.75) is 20.8 Å². The van der Waals surface area contributed by atoms with Crippen LogP contribution in [0.4, 0.5) is 10.8 Å². The maximum atomic E-state index is 6.21. The molecule has 1 heterocycles. The molecule has 3 aromatic rings. The monoisotopic (exact) mass is 362 g/mol. The normalized spacial score (nSPS) is 10.8. The van der Waals surface area contributed by atoms with Crippen molar-refractivity contribution >= 4 is 45.4 Å². The summed E-state index contributed by atoms with van der Waals surface area (Å²) in [6.07, 6.45) is 0. The van der Waals surface area contributed by atoms with Gasteiger partial charge in [0.05, 0.1) is 21.4 Å². The Balaban J connectivity index is 1.96. The number of benzene rings is 2. The van der Waals surface area contributed by atoms with Crippen molar-refractivity contribution in [1.29, 1.82) is 0 Å². The first-order valence-electron chi connectivity index (χ1n) is 7.22. The van der Waals surface area contributed by atoms with Gasteiger partial charge in [0.2, 0.25) is 0 Å². The van der Waals surface area contributed by atoms with Crippen LogP contribution in [0, 0.1) is 20.8 Å². The molecule has 0 saturated carbocycles. The quantitative estimate of drug-likeness (QED) is 0.554. The minimum atomic E-state index is 0.582. The smallest absolute Gasteiger partial charge is 0.188 e. The predicted octanol–water partition coefficient (Wildman–Crippen LogP) is 6.79. The molecule has 0 unspecified atom stereocenters. The third-order valence-electron chi connectivity index (χ3n) is 3.77. The molecule has 0 spiro atoms. The number of hydrogen-bond acceptors (Lipinski definition) is 3. The number of thiazole rings is 1. The van der Waals surface area contributed by atoms with E-state index in [9.17, 15) is 0 Å². The zero-order valence-electron chi connectivity index (χ0n) is 13.1. The van der Waals surface area contributed by atoms with Gasteiger partial charge in [-0.2, -0.15) is 0 Å². The zero-order valence-corrected chi connectivity index (χ0v) is 15.4. The highest BCUT2D eigenvalue weighted by atomic mass is 35.5. The molecule has 0 aliphatic rings. The number of nitrogens with zero attached hydrogens (tertiary/aromatic N) is 1. The first-order valence-corrected chi connectivity index (χ1v) is 8.79. The van der Waals surface area contributed by atoms with Gasteiger partial charge < -0.3 is 5.32 Å². The second kappa shape index (κ2) is 6.52. The highest BCUT2D eigenvalue weighted by molar-refractivity contribution is 7.16. The lowest BCUT2D eigenvalue weighted by molar-refractivity contribution is 1.31.